The van der Waals surface area contributed by atoms with Crippen molar-refractivity contribution in [3.63, 3.8) is 0 Å². The Balaban J connectivity index is 1.62. The smallest absolute Gasteiger partial charge is 0.224 e. The van der Waals surface area contributed by atoms with Gasteiger partial charge < -0.3 is 24.3 Å². The topological polar surface area (TPSA) is 69.3 Å². The molecule has 1 aromatic rings. The summed E-state index contributed by atoms with van der Waals surface area (Å²) in [4.78, 5) is 14.9. The van der Waals surface area contributed by atoms with Crippen LogP contribution in [0.1, 0.15) is 18.9 Å². The van der Waals surface area contributed by atoms with Gasteiger partial charge in [0, 0.05) is 25.2 Å². The maximum Gasteiger partial charge on any atom is 0.224 e. The molecule has 2 aliphatic rings. The van der Waals surface area contributed by atoms with Gasteiger partial charge in [0.25, 0.3) is 0 Å². The Hall–Kier alpha value is -1.99. The van der Waals surface area contributed by atoms with Crippen LogP contribution < -0.4 is 19.5 Å². The van der Waals surface area contributed by atoms with Crippen LogP contribution in [0.2, 0.25) is 0 Å². The highest BCUT2D eigenvalue weighted by molar-refractivity contribution is 5.79. The lowest BCUT2D eigenvalue weighted by atomic mass is 10.1. The Morgan fingerprint density at radius 2 is 1.88 bits per heavy atom. The van der Waals surface area contributed by atoms with Gasteiger partial charge in [-0.25, -0.2) is 0 Å². The van der Waals surface area contributed by atoms with Gasteiger partial charge in [-0.1, -0.05) is 0 Å². The van der Waals surface area contributed by atoms with Gasteiger partial charge in [-0.05, 0) is 31.0 Å². The zero-order valence-corrected chi connectivity index (χ0v) is 15.9. The largest absolute Gasteiger partial charge is 0.493 e. The molecule has 2 saturated heterocycles. The van der Waals surface area contributed by atoms with Crippen LogP contribution >= 0.6 is 0 Å². The minimum absolute atomic E-state index is 0.00177. The molecule has 1 N–H and O–H groups in total. The fraction of sp³-hybridized carbons (Fsp3) is 0.632. The minimum Gasteiger partial charge on any atom is -0.493 e. The maximum atomic E-state index is 12.5. The summed E-state index contributed by atoms with van der Waals surface area (Å²) in [6.07, 6.45) is 1.47. The molecule has 0 radical (unpaired) electrons. The van der Waals surface area contributed by atoms with Gasteiger partial charge in [-0.2, -0.15) is 0 Å². The summed E-state index contributed by atoms with van der Waals surface area (Å²) in [5.74, 6) is 1.64. The zero-order valence-electron chi connectivity index (χ0n) is 15.9. The van der Waals surface area contributed by atoms with Crippen molar-refractivity contribution >= 4 is 5.91 Å². The van der Waals surface area contributed by atoms with Crippen LogP contribution in [0, 0.1) is 0 Å². The first kappa shape index (κ1) is 18.8. The summed E-state index contributed by atoms with van der Waals surface area (Å²) < 4.78 is 21.7. The van der Waals surface area contributed by atoms with Crippen molar-refractivity contribution in [1.29, 1.82) is 0 Å². The first-order chi connectivity index (χ1) is 12.5. The van der Waals surface area contributed by atoms with E-state index < -0.39 is 0 Å². The Morgan fingerprint density at radius 3 is 2.50 bits per heavy atom. The second-order valence-corrected chi connectivity index (χ2v) is 6.96. The van der Waals surface area contributed by atoms with Crippen molar-refractivity contribution in [3.05, 3.63) is 17.7 Å². The quantitative estimate of drug-likeness (QED) is 0.819. The number of rotatable bonds is 6. The molecule has 7 heteroatoms. The predicted molar refractivity (Wildman–Crippen MR) is 97.1 cm³/mol. The van der Waals surface area contributed by atoms with Crippen LogP contribution in [-0.4, -0.2) is 70.0 Å². The van der Waals surface area contributed by atoms with E-state index in [1.807, 2.05) is 12.1 Å². The highest BCUT2D eigenvalue weighted by atomic mass is 16.5. The van der Waals surface area contributed by atoms with E-state index >= 15 is 0 Å². The normalized spacial score (nSPS) is 25.5. The molecule has 7 nitrogen and oxygen atoms in total. The number of nitrogens with zero attached hydrogens (tertiary/aromatic N) is 1. The second kappa shape index (κ2) is 8.14. The summed E-state index contributed by atoms with van der Waals surface area (Å²) in [5.41, 5.74) is 0.824. The lowest BCUT2D eigenvalue weighted by Gasteiger charge is -2.33. The van der Waals surface area contributed by atoms with Gasteiger partial charge in [0.1, 0.15) is 0 Å². The van der Waals surface area contributed by atoms with E-state index in [9.17, 15) is 4.79 Å². The summed E-state index contributed by atoms with van der Waals surface area (Å²) in [6.45, 7) is 4.66. The number of amides is 1. The number of ether oxygens (including phenoxy) is 4. The van der Waals surface area contributed by atoms with Crippen LogP contribution in [0.5, 0.6) is 17.2 Å². The van der Waals surface area contributed by atoms with Crippen molar-refractivity contribution in [2.24, 2.45) is 0 Å². The van der Waals surface area contributed by atoms with Crippen LogP contribution in [0.25, 0.3) is 0 Å². The number of morpholine rings is 1. The monoisotopic (exact) mass is 364 g/mol. The maximum absolute atomic E-state index is 12.5. The van der Waals surface area contributed by atoms with Crippen molar-refractivity contribution < 1.29 is 23.7 Å². The molecule has 0 bridgehead atoms. The van der Waals surface area contributed by atoms with E-state index in [-0.39, 0.29) is 24.5 Å². The highest BCUT2D eigenvalue weighted by Gasteiger charge is 2.36. The SMILES string of the molecule is COc1cc(CC(=O)N[C@@H]2C[C@H]3CO[C@H](C)CN3C2)cc(OC)c1OC. The molecule has 0 aliphatic carbocycles. The summed E-state index contributed by atoms with van der Waals surface area (Å²) in [6, 6.07) is 4.21. The summed E-state index contributed by atoms with van der Waals surface area (Å²) >= 11 is 0. The molecule has 0 unspecified atom stereocenters. The Kier molecular flexibility index (Phi) is 5.88. The van der Waals surface area contributed by atoms with Crippen LogP contribution in [0.3, 0.4) is 0 Å². The van der Waals surface area contributed by atoms with Crippen molar-refractivity contribution in [3.8, 4) is 17.2 Å². The number of methoxy groups -OCH3 is 3. The number of nitrogens with one attached hydrogen (secondary N) is 1. The lowest BCUT2D eigenvalue weighted by Crippen LogP contribution is -2.45. The molecule has 0 saturated carbocycles. The van der Waals surface area contributed by atoms with E-state index in [4.69, 9.17) is 18.9 Å². The lowest BCUT2D eigenvalue weighted by molar-refractivity contribution is -0.121. The fourth-order valence-corrected chi connectivity index (χ4v) is 3.85. The molecule has 2 heterocycles. The average Bonchev–Trinajstić information content (AvgIpc) is 3.01. The predicted octanol–water partition coefficient (Wildman–Crippen LogP) is 1.23. The first-order valence-electron chi connectivity index (χ1n) is 8.98. The average molecular weight is 364 g/mol. The van der Waals surface area contributed by atoms with Gasteiger partial charge in [-0.15, -0.1) is 0 Å². The number of carbonyl (C=O) groups is 1. The Morgan fingerprint density at radius 1 is 1.19 bits per heavy atom. The van der Waals surface area contributed by atoms with Gasteiger partial charge >= 0.3 is 0 Å². The molecule has 3 rings (SSSR count). The van der Waals surface area contributed by atoms with E-state index in [1.54, 1.807) is 21.3 Å². The number of fused-ring (bicyclic) bond motifs is 1. The molecule has 2 fully saturated rings. The summed E-state index contributed by atoms with van der Waals surface area (Å²) in [5, 5.41) is 3.15. The fourth-order valence-electron chi connectivity index (χ4n) is 3.85. The van der Waals surface area contributed by atoms with Crippen molar-refractivity contribution in [2.75, 3.05) is 41.0 Å². The molecule has 26 heavy (non-hydrogen) atoms. The number of hydrogen-bond acceptors (Lipinski definition) is 6. The third-order valence-electron chi connectivity index (χ3n) is 5.05. The minimum atomic E-state index is -0.00177. The van der Waals surface area contributed by atoms with Gasteiger partial charge in [0.2, 0.25) is 11.7 Å². The molecule has 144 valence electrons. The standard InChI is InChI=1S/C19H28N2O5/c1-12-9-21-10-14(8-15(21)11-26-12)20-18(22)7-13-5-16(23-2)19(25-4)17(6-13)24-3/h5-6,12,14-15H,7-11H2,1-4H3,(H,20,22)/t12-,14-,15+/m1/s1. The van der Waals surface area contributed by atoms with Crippen molar-refractivity contribution in [1.82, 2.24) is 10.2 Å². The van der Waals surface area contributed by atoms with Gasteiger partial charge in [0.15, 0.2) is 11.5 Å². The molecule has 3 atom stereocenters. The van der Waals surface area contributed by atoms with Crippen LogP contribution in [-0.2, 0) is 16.0 Å². The first-order valence-corrected chi connectivity index (χ1v) is 8.98. The molecular formula is C19H28N2O5. The number of carbonyl (C=O) groups excluding carboxylic acids is 1. The Labute approximate surface area is 154 Å². The number of benzene rings is 1. The molecule has 0 spiro atoms. The molecule has 0 aromatic heterocycles. The van der Waals surface area contributed by atoms with E-state index in [0.29, 0.717) is 23.3 Å². The second-order valence-electron chi connectivity index (χ2n) is 6.96. The van der Waals surface area contributed by atoms with Crippen molar-refractivity contribution in [2.45, 2.75) is 38.0 Å². The van der Waals surface area contributed by atoms with Crippen LogP contribution in [0.15, 0.2) is 12.1 Å². The molecule has 1 amide bonds. The Bertz CT molecular complexity index is 626. The highest BCUT2D eigenvalue weighted by Crippen LogP contribution is 2.38. The third kappa shape index (κ3) is 4.04. The van der Waals surface area contributed by atoms with Crippen LogP contribution in [0.4, 0.5) is 0 Å². The molecule has 1 aromatic carbocycles. The zero-order chi connectivity index (χ0) is 18.7. The van der Waals surface area contributed by atoms with Gasteiger partial charge in [-0.3, -0.25) is 9.69 Å². The van der Waals surface area contributed by atoms with E-state index in [2.05, 4.69) is 17.1 Å². The molecular weight excluding hydrogens is 336 g/mol. The van der Waals surface area contributed by atoms with E-state index in [1.165, 1.54) is 0 Å². The third-order valence-corrected chi connectivity index (χ3v) is 5.05. The summed E-state index contributed by atoms with van der Waals surface area (Å²) in [7, 11) is 4.70. The van der Waals surface area contributed by atoms with E-state index in [0.717, 1.165) is 31.7 Å². The molecule has 2 aliphatic heterocycles. The number of hydrogen-bond donors (Lipinski definition) is 1. The van der Waals surface area contributed by atoms with Gasteiger partial charge in [0.05, 0.1) is 40.5 Å².